The van der Waals surface area contributed by atoms with E-state index in [1.54, 1.807) is 6.20 Å². The van der Waals surface area contributed by atoms with Crippen molar-refractivity contribution in [3.8, 4) is 0 Å². The van der Waals surface area contributed by atoms with Crippen molar-refractivity contribution in [1.29, 1.82) is 0 Å². The van der Waals surface area contributed by atoms with Crippen LogP contribution in [0.5, 0.6) is 0 Å². The van der Waals surface area contributed by atoms with Gasteiger partial charge in [0, 0.05) is 5.56 Å². The summed E-state index contributed by atoms with van der Waals surface area (Å²) in [4.78, 5) is 12.0. The highest BCUT2D eigenvalue weighted by molar-refractivity contribution is 5.95. The van der Waals surface area contributed by atoms with E-state index in [4.69, 9.17) is 5.73 Å². The smallest absolute Gasteiger partial charge is 0.247 e. The molecule has 1 aromatic carbocycles. The van der Waals surface area contributed by atoms with E-state index < -0.39 is 6.04 Å². The molecule has 1 amide bonds. The number of aromatic amines is 1. The van der Waals surface area contributed by atoms with Gasteiger partial charge >= 0.3 is 0 Å². The van der Waals surface area contributed by atoms with E-state index in [2.05, 4.69) is 15.5 Å². The Bertz CT molecular complexity index is 544. The minimum absolute atomic E-state index is 0.258. The van der Waals surface area contributed by atoms with Gasteiger partial charge in [-0.05, 0) is 19.4 Å². The van der Waals surface area contributed by atoms with Crippen LogP contribution in [0.3, 0.4) is 0 Å². The third-order valence-corrected chi connectivity index (χ3v) is 2.80. The van der Waals surface area contributed by atoms with Crippen LogP contribution in [0.25, 0.3) is 0 Å². The van der Waals surface area contributed by atoms with Crippen LogP contribution in [0.15, 0.2) is 30.5 Å². The Hall–Kier alpha value is -2.14. The lowest BCUT2D eigenvalue weighted by Gasteiger charge is -2.12. The Labute approximate surface area is 105 Å². The van der Waals surface area contributed by atoms with E-state index in [0.29, 0.717) is 5.82 Å². The van der Waals surface area contributed by atoms with Crippen molar-refractivity contribution < 1.29 is 4.79 Å². The monoisotopic (exact) mass is 244 g/mol. The average Bonchev–Trinajstić information content (AvgIpc) is 2.75. The second kappa shape index (κ2) is 5.01. The third-order valence-electron chi connectivity index (χ3n) is 2.80. The lowest BCUT2D eigenvalue weighted by atomic mass is 10.1. The van der Waals surface area contributed by atoms with Gasteiger partial charge in [-0.3, -0.25) is 9.89 Å². The predicted molar refractivity (Wildman–Crippen MR) is 70.1 cm³/mol. The van der Waals surface area contributed by atoms with E-state index in [9.17, 15) is 4.79 Å². The first-order valence-electron chi connectivity index (χ1n) is 5.71. The molecule has 1 aromatic heterocycles. The number of rotatable bonds is 3. The van der Waals surface area contributed by atoms with Gasteiger partial charge in [0.05, 0.1) is 6.20 Å². The summed E-state index contributed by atoms with van der Waals surface area (Å²) in [5, 5.41) is 9.27. The fourth-order valence-electron chi connectivity index (χ4n) is 1.60. The topological polar surface area (TPSA) is 83.8 Å². The zero-order chi connectivity index (χ0) is 13.1. The van der Waals surface area contributed by atoms with Crippen molar-refractivity contribution >= 4 is 11.7 Å². The first-order chi connectivity index (χ1) is 8.58. The minimum Gasteiger partial charge on any atom is -0.316 e. The Morgan fingerprint density at radius 3 is 2.56 bits per heavy atom. The molecule has 5 nitrogen and oxygen atoms in total. The van der Waals surface area contributed by atoms with Crippen LogP contribution in [0.1, 0.15) is 22.7 Å². The molecule has 0 radical (unpaired) electrons. The van der Waals surface area contributed by atoms with Crippen molar-refractivity contribution in [3.05, 3.63) is 47.2 Å². The van der Waals surface area contributed by atoms with Gasteiger partial charge in [0.2, 0.25) is 5.91 Å². The molecule has 2 rings (SSSR count). The van der Waals surface area contributed by atoms with Crippen molar-refractivity contribution in [2.45, 2.75) is 19.9 Å². The number of nitrogens with two attached hydrogens (primary N) is 1. The first-order valence-corrected chi connectivity index (χ1v) is 5.71. The summed E-state index contributed by atoms with van der Waals surface area (Å²) in [6, 6.07) is 6.90. The summed E-state index contributed by atoms with van der Waals surface area (Å²) >= 11 is 0. The summed E-state index contributed by atoms with van der Waals surface area (Å²) in [5.41, 5.74) is 8.71. The molecule has 1 heterocycles. The van der Waals surface area contributed by atoms with Gasteiger partial charge in [-0.2, -0.15) is 5.10 Å². The maximum Gasteiger partial charge on any atom is 0.247 e. The number of benzene rings is 1. The van der Waals surface area contributed by atoms with E-state index >= 15 is 0 Å². The molecule has 94 valence electrons. The molecule has 0 saturated carbocycles. The molecule has 0 bridgehead atoms. The fraction of sp³-hybridized carbons (Fsp3) is 0.231. The normalized spacial score (nSPS) is 12.2. The molecule has 0 fully saturated rings. The SMILES string of the molecule is Cc1ccc(C(N)C(=O)Nc2[nH]ncc2C)cc1. The van der Waals surface area contributed by atoms with Gasteiger partial charge in [-0.15, -0.1) is 0 Å². The van der Waals surface area contributed by atoms with Crippen molar-refractivity contribution in [2.24, 2.45) is 5.73 Å². The van der Waals surface area contributed by atoms with Crippen LogP contribution in [0, 0.1) is 13.8 Å². The average molecular weight is 244 g/mol. The molecule has 0 spiro atoms. The number of aromatic nitrogens is 2. The number of hydrogen-bond donors (Lipinski definition) is 3. The molecule has 18 heavy (non-hydrogen) atoms. The second-order valence-electron chi connectivity index (χ2n) is 4.31. The Morgan fingerprint density at radius 2 is 2.00 bits per heavy atom. The van der Waals surface area contributed by atoms with Gasteiger partial charge < -0.3 is 11.1 Å². The number of H-pyrrole nitrogens is 1. The van der Waals surface area contributed by atoms with Crippen LogP contribution in [0.4, 0.5) is 5.82 Å². The van der Waals surface area contributed by atoms with Gasteiger partial charge in [-0.1, -0.05) is 29.8 Å². The molecule has 1 atom stereocenters. The Morgan fingerprint density at radius 1 is 1.33 bits per heavy atom. The zero-order valence-electron chi connectivity index (χ0n) is 10.4. The van der Waals surface area contributed by atoms with Gasteiger partial charge in [0.1, 0.15) is 11.9 Å². The van der Waals surface area contributed by atoms with Crippen molar-refractivity contribution in [1.82, 2.24) is 10.2 Å². The summed E-state index contributed by atoms with van der Waals surface area (Å²) < 4.78 is 0. The van der Waals surface area contributed by atoms with Crippen LogP contribution >= 0.6 is 0 Å². The molecule has 0 saturated heterocycles. The largest absolute Gasteiger partial charge is 0.316 e. The van der Waals surface area contributed by atoms with Crippen molar-refractivity contribution in [2.75, 3.05) is 5.32 Å². The molecule has 0 aliphatic rings. The minimum atomic E-state index is -0.687. The standard InChI is InChI=1S/C13H16N4O/c1-8-3-5-10(6-4-8)11(14)13(18)16-12-9(2)7-15-17-12/h3-7,11H,14H2,1-2H3,(H2,15,16,17,18). The van der Waals surface area contributed by atoms with Gasteiger partial charge in [0.15, 0.2) is 0 Å². The van der Waals surface area contributed by atoms with Gasteiger partial charge in [-0.25, -0.2) is 0 Å². The molecule has 1 unspecified atom stereocenters. The maximum absolute atomic E-state index is 12.0. The summed E-state index contributed by atoms with van der Waals surface area (Å²) in [6.45, 7) is 3.85. The predicted octanol–water partition coefficient (Wildman–Crippen LogP) is 1.67. The summed E-state index contributed by atoms with van der Waals surface area (Å²) in [5.74, 6) is 0.328. The number of carbonyl (C=O) groups excluding carboxylic acids is 1. The second-order valence-corrected chi connectivity index (χ2v) is 4.31. The van der Waals surface area contributed by atoms with Crippen molar-refractivity contribution in [3.63, 3.8) is 0 Å². The number of nitrogens with one attached hydrogen (secondary N) is 2. The van der Waals surface area contributed by atoms with Gasteiger partial charge in [0.25, 0.3) is 0 Å². The van der Waals surface area contributed by atoms with E-state index in [1.807, 2.05) is 38.1 Å². The molecule has 0 aliphatic carbocycles. The summed E-state index contributed by atoms with van der Waals surface area (Å²) in [7, 11) is 0. The molecular formula is C13H16N4O. The number of anilines is 1. The number of nitrogens with zero attached hydrogens (tertiary/aromatic N) is 1. The first kappa shape index (κ1) is 12.3. The van der Waals surface area contributed by atoms with Crippen LogP contribution in [0.2, 0.25) is 0 Å². The van der Waals surface area contributed by atoms with E-state index in [-0.39, 0.29) is 5.91 Å². The molecular weight excluding hydrogens is 228 g/mol. The lowest BCUT2D eigenvalue weighted by molar-refractivity contribution is -0.117. The lowest BCUT2D eigenvalue weighted by Crippen LogP contribution is -2.28. The highest BCUT2D eigenvalue weighted by atomic mass is 16.2. The number of aryl methyl sites for hydroxylation is 2. The molecule has 5 heteroatoms. The Balaban J connectivity index is 2.09. The molecule has 0 aliphatic heterocycles. The maximum atomic E-state index is 12.0. The van der Waals surface area contributed by atoms with E-state index in [1.165, 1.54) is 0 Å². The van der Waals surface area contributed by atoms with E-state index in [0.717, 1.165) is 16.7 Å². The molecule has 4 N–H and O–H groups in total. The number of amides is 1. The Kier molecular flexibility index (Phi) is 3.43. The van der Waals surface area contributed by atoms with Crippen LogP contribution in [-0.4, -0.2) is 16.1 Å². The number of hydrogen-bond acceptors (Lipinski definition) is 3. The number of carbonyl (C=O) groups is 1. The highest BCUT2D eigenvalue weighted by Crippen LogP contribution is 2.15. The summed E-state index contributed by atoms with van der Waals surface area (Å²) in [6.07, 6.45) is 1.65. The fourth-order valence-corrected chi connectivity index (χ4v) is 1.60. The highest BCUT2D eigenvalue weighted by Gasteiger charge is 2.16. The molecule has 2 aromatic rings. The zero-order valence-corrected chi connectivity index (χ0v) is 10.4. The third kappa shape index (κ3) is 2.57. The quantitative estimate of drug-likeness (QED) is 0.767. The van der Waals surface area contributed by atoms with Crippen LogP contribution in [-0.2, 0) is 4.79 Å². The van der Waals surface area contributed by atoms with Crippen LogP contribution < -0.4 is 11.1 Å².